The van der Waals surface area contributed by atoms with Crippen LogP contribution < -0.4 is 5.32 Å². The number of nitrogens with one attached hydrogen (secondary N) is 2. The van der Waals surface area contributed by atoms with Crippen LogP contribution in [0.4, 0.5) is 5.69 Å². The summed E-state index contributed by atoms with van der Waals surface area (Å²) in [5.74, 6) is 0.859. The number of hydrogen-bond donors (Lipinski definition) is 2. The Bertz CT molecular complexity index is 675. The van der Waals surface area contributed by atoms with Crippen molar-refractivity contribution < 1.29 is 4.79 Å². The summed E-state index contributed by atoms with van der Waals surface area (Å²) in [6.07, 6.45) is 0. The first-order valence-corrected chi connectivity index (χ1v) is 5.56. The minimum absolute atomic E-state index is 0.0237. The molecule has 4 nitrogen and oxygen atoms in total. The lowest BCUT2D eigenvalue weighted by Crippen LogP contribution is -2.04. The van der Waals surface area contributed by atoms with Crippen molar-refractivity contribution in [2.75, 3.05) is 5.32 Å². The predicted molar refractivity (Wildman–Crippen MR) is 67.7 cm³/mol. The molecule has 1 aromatic heterocycles. The summed E-state index contributed by atoms with van der Waals surface area (Å²) in [5, 5.41) is 2.89. The van der Waals surface area contributed by atoms with E-state index in [1.165, 1.54) is 0 Å². The van der Waals surface area contributed by atoms with E-state index in [2.05, 4.69) is 15.3 Å². The molecule has 0 saturated heterocycles. The van der Waals surface area contributed by atoms with E-state index in [1.54, 1.807) is 0 Å². The number of H-pyrrole nitrogens is 1. The van der Waals surface area contributed by atoms with E-state index < -0.39 is 0 Å². The van der Waals surface area contributed by atoms with Gasteiger partial charge in [-0.2, -0.15) is 0 Å². The maximum atomic E-state index is 11.8. The Morgan fingerprint density at radius 3 is 2.76 bits per heavy atom. The topological polar surface area (TPSA) is 57.8 Å². The van der Waals surface area contributed by atoms with Crippen LogP contribution in [0.5, 0.6) is 0 Å². The third-order valence-electron chi connectivity index (χ3n) is 2.98. The van der Waals surface area contributed by atoms with Gasteiger partial charge >= 0.3 is 0 Å². The second kappa shape index (κ2) is 3.20. The third-order valence-corrected chi connectivity index (χ3v) is 2.98. The van der Waals surface area contributed by atoms with E-state index in [9.17, 15) is 4.79 Å². The summed E-state index contributed by atoms with van der Waals surface area (Å²) in [6.45, 7) is 5.82. The van der Waals surface area contributed by atoms with Crippen LogP contribution >= 0.6 is 0 Å². The van der Waals surface area contributed by atoms with Crippen molar-refractivity contribution in [3.8, 4) is 0 Å². The highest BCUT2D eigenvalue weighted by Gasteiger charge is 2.26. The van der Waals surface area contributed by atoms with Gasteiger partial charge in [0, 0.05) is 11.1 Å². The number of aromatic nitrogens is 2. The standard InChI is InChI=1S/C13H13N3O/c1-6(2)12-8-4-10-11(15-7(3)14-10)5-9(8)16-13(12)17/h4-5H,1-3H3,(H,14,15)(H,16,17). The largest absolute Gasteiger partial charge is 0.342 e. The average molecular weight is 227 g/mol. The van der Waals surface area contributed by atoms with Gasteiger partial charge in [0.1, 0.15) is 5.82 Å². The van der Waals surface area contributed by atoms with Crippen molar-refractivity contribution in [2.24, 2.45) is 0 Å². The Labute approximate surface area is 98.7 Å². The molecule has 0 atom stereocenters. The highest BCUT2D eigenvalue weighted by molar-refractivity contribution is 6.32. The number of hydrogen-bond acceptors (Lipinski definition) is 2. The summed E-state index contributed by atoms with van der Waals surface area (Å²) in [5.41, 5.74) is 5.46. The molecule has 1 aliphatic rings. The quantitative estimate of drug-likeness (QED) is 0.680. The molecule has 0 spiro atoms. The van der Waals surface area contributed by atoms with Gasteiger partial charge in [-0.3, -0.25) is 4.79 Å². The van der Waals surface area contributed by atoms with Crippen LogP contribution in [0, 0.1) is 6.92 Å². The molecule has 0 fully saturated rings. The van der Waals surface area contributed by atoms with Gasteiger partial charge in [-0.05, 0) is 32.9 Å². The summed E-state index contributed by atoms with van der Waals surface area (Å²) in [6, 6.07) is 3.91. The molecule has 1 amide bonds. The van der Waals surface area contributed by atoms with E-state index in [0.29, 0.717) is 0 Å². The van der Waals surface area contributed by atoms with E-state index in [-0.39, 0.29) is 5.91 Å². The zero-order chi connectivity index (χ0) is 12.2. The van der Waals surface area contributed by atoms with Crippen LogP contribution in [-0.2, 0) is 4.79 Å². The van der Waals surface area contributed by atoms with Gasteiger partial charge in [-0.1, -0.05) is 5.57 Å². The van der Waals surface area contributed by atoms with Crippen molar-refractivity contribution in [2.45, 2.75) is 20.8 Å². The van der Waals surface area contributed by atoms with Crippen LogP contribution in [0.2, 0.25) is 0 Å². The first-order chi connectivity index (χ1) is 8.06. The first-order valence-electron chi connectivity index (χ1n) is 5.56. The fourth-order valence-corrected chi connectivity index (χ4v) is 2.30. The maximum absolute atomic E-state index is 11.8. The average Bonchev–Trinajstić information content (AvgIpc) is 2.70. The summed E-state index contributed by atoms with van der Waals surface area (Å²) < 4.78 is 0. The van der Waals surface area contributed by atoms with Crippen LogP contribution in [0.25, 0.3) is 16.6 Å². The first kappa shape index (κ1) is 10.1. The molecule has 86 valence electrons. The Kier molecular flexibility index (Phi) is 1.90. The number of carbonyl (C=O) groups excluding carboxylic acids is 1. The minimum atomic E-state index is -0.0237. The molecule has 0 bridgehead atoms. The SMILES string of the molecule is CC(C)=C1C(=O)Nc2cc3[nH]c(C)nc3cc21. The lowest BCUT2D eigenvalue weighted by molar-refractivity contribution is -0.110. The second-order valence-corrected chi connectivity index (χ2v) is 4.57. The Morgan fingerprint density at radius 1 is 1.29 bits per heavy atom. The molecular weight excluding hydrogens is 214 g/mol. The number of fused-ring (bicyclic) bond motifs is 2. The number of aromatic amines is 1. The fourth-order valence-electron chi connectivity index (χ4n) is 2.30. The molecule has 1 aliphatic heterocycles. The van der Waals surface area contributed by atoms with Gasteiger partial charge in [-0.25, -0.2) is 4.98 Å². The van der Waals surface area contributed by atoms with Crippen molar-refractivity contribution >= 4 is 28.2 Å². The highest BCUT2D eigenvalue weighted by atomic mass is 16.2. The third kappa shape index (κ3) is 1.37. The van der Waals surface area contributed by atoms with E-state index in [4.69, 9.17) is 0 Å². The van der Waals surface area contributed by atoms with Gasteiger partial charge in [0.25, 0.3) is 5.91 Å². The van der Waals surface area contributed by atoms with Crippen molar-refractivity contribution in [3.05, 3.63) is 29.1 Å². The van der Waals surface area contributed by atoms with Crippen LogP contribution in [-0.4, -0.2) is 15.9 Å². The van der Waals surface area contributed by atoms with Crippen molar-refractivity contribution in [1.29, 1.82) is 0 Å². The molecule has 3 rings (SSSR count). The maximum Gasteiger partial charge on any atom is 0.256 e. The predicted octanol–water partition coefficient (Wildman–Crippen LogP) is 2.62. The van der Waals surface area contributed by atoms with Crippen molar-refractivity contribution in [3.63, 3.8) is 0 Å². The molecule has 0 unspecified atom stereocenters. The molecule has 2 N–H and O–H groups in total. The van der Waals surface area contributed by atoms with Gasteiger partial charge in [-0.15, -0.1) is 0 Å². The van der Waals surface area contributed by atoms with Gasteiger partial charge < -0.3 is 10.3 Å². The van der Waals surface area contributed by atoms with E-state index in [0.717, 1.165) is 39.3 Å². The molecule has 0 saturated carbocycles. The zero-order valence-electron chi connectivity index (χ0n) is 10.0. The fraction of sp³-hybridized carbons (Fsp3) is 0.231. The number of carbonyl (C=O) groups is 1. The highest BCUT2D eigenvalue weighted by Crippen LogP contribution is 2.36. The molecule has 1 aromatic carbocycles. The number of anilines is 1. The normalized spacial score (nSPS) is 14.1. The molecular formula is C13H13N3O. The smallest absolute Gasteiger partial charge is 0.256 e. The lowest BCUT2D eigenvalue weighted by Gasteiger charge is -1.99. The Hall–Kier alpha value is -2.10. The molecule has 2 heterocycles. The lowest BCUT2D eigenvalue weighted by atomic mass is 10.0. The number of allylic oxidation sites excluding steroid dienone is 1. The zero-order valence-corrected chi connectivity index (χ0v) is 10.0. The number of imidazole rings is 1. The van der Waals surface area contributed by atoms with Crippen molar-refractivity contribution in [1.82, 2.24) is 9.97 Å². The van der Waals surface area contributed by atoms with E-state index in [1.807, 2.05) is 32.9 Å². The minimum Gasteiger partial charge on any atom is -0.342 e. The second-order valence-electron chi connectivity index (χ2n) is 4.57. The number of nitrogens with zero attached hydrogens (tertiary/aromatic N) is 1. The summed E-state index contributed by atoms with van der Waals surface area (Å²) in [7, 11) is 0. The monoisotopic (exact) mass is 227 g/mol. The molecule has 0 aliphatic carbocycles. The summed E-state index contributed by atoms with van der Waals surface area (Å²) >= 11 is 0. The number of aryl methyl sites for hydroxylation is 1. The van der Waals surface area contributed by atoms with Crippen LogP contribution in [0.3, 0.4) is 0 Å². The van der Waals surface area contributed by atoms with Gasteiger partial charge in [0.2, 0.25) is 0 Å². The van der Waals surface area contributed by atoms with Gasteiger partial charge in [0.05, 0.1) is 16.7 Å². The summed E-state index contributed by atoms with van der Waals surface area (Å²) in [4.78, 5) is 19.4. The molecule has 4 heteroatoms. The molecule has 17 heavy (non-hydrogen) atoms. The molecule has 2 aromatic rings. The number of amides is 1. The van der Waals surface area contributed by atoms with E-state index >= 15 is 0 Å². The van der Waals surface area contributed by atoms with Gasteiger partial charge in [0.15, 0.2) is 0 Å². The number of rotatable bonds is 0. The van der Waals surface area contributed by atoms with Crippen LogP contribution in [0.15, 0.2) is 17.7 Å². The van der Waals surface area contributed by atoms with Crippen LogP contribution in [0.1, 0.15) is 25.2 Å². The Balaban J connectivity index is 2.34. The Morgan fingerprint density at radius 2 is 2.06 bits per heavy atom. The molecule has 0 radical (unpaired) electrons. The number of benzene rings is 1.